The quantitative estimate of drug-likeness (QED) is 0.232. The predicted molar refractivity (Wildman–Crippen MR) is 61.0 cm³/mol. The molecule has 9 heteroatoms. The SMILES string of the molecule is NC(CC(=O)O)C(=O)OCCCCCCON(O)O. The Morgan fingerprint density at radius 2 is 1.68 bits per heavy atom. The average Bonchev–Trinajstić information content (AvgIpc) is 2.30. The fourth-order valence-electron chi connectivity index (χ4n) is 1.26. The largest absolute Gasteiger partial charge is 0.481 e. The summed E-state index contributed by atoms with van der Waals surface area (Å²) in [5.74, 6) is -1.87. The third-order valence-corrected chi connectivity index (χ3v) is 2.19. The van der Waals surface area contributed by atoms with Gasteiger partial charge in [-0.2, -0.15) is 0 Å². The number of carboxylic acids is 1. The molecule has 0 aliphatic carbocycles. The number of carboxylic acid groups (broad SMARTS) is 1. The number of rotatable bonds is 11. The molecule has 0 aromatic rings. The summed E-state index contributed by atoms with van der Waals surface area (Å²) in [7, 11) is 0. The second kappa shape index (κ2) is 10.6. The number of nitrogens with zero attached hydrogens (tertiary/aromatic N) is 1. The monoisotopic (exact) mass is 280 g/mol. The summed E-state index contributed by atoms with van der Waals surface area (Å²) >= 11 is 0. The van der Waals surface area contributed by atoms with E-state index in [1.165, 1.54) is 0 Å². The summed E-state index contributed by atoms with van der Waals surface area (Å²) < 4.78 is 4.80. The second-order valence-electron chi connectivity index (χ2n) is 3.87. The molecule has 0 fully saturated rings. The summed E-state index contributed by atoms with van der Waals surface area (Å²) in [5.41, 5.74) is 5.30. The molecule has 0 aliphatic heterocycles. The number of aliphatic carboxylic acids is 1. The number of ether oxygens (including phenoxy) is 1. The lowest BCUT2D eigenvalue weighted by molar-refractivity contribution is -0.492. The van der Waals surface area contributed by atoms with Crippen molar-refractivity contribution in [1.82, 2.24) is 5.39 Å². The van der Waals surface area contributed by atoms with E-state index in [4.69, 9.17) is 26.0 Å². The van der Waals surface area contributed by atoms with Crippen molar-refractivity contribution >= 4 is 11.9 Å². The van der Waals surface area contributed by atoms with Gasteiger partial charge < -0.3 is 15.6 Å². The number of carbonyl (C=O) groups is 2. The maximum atomic E-state index is 11.2. The maximum absolute atomic E-state index is 11.2. The molecule has 19 heavy (non-hydrogen) atoms. The van der Waals surface area contributed by atoms with Crippen LogP contribution < -0.4 is 5.73 Å². The van der Waals surface area contributed by atoms with E-state index in [2.05, 4.69) is 4.84 Å². The zero-order chi connectivity index (χ0) is 14.7. The van der Waals surface area contributed by atoms with Gasteiger partial charge in [0.25, 0.3) is 0 Å². The molecule has 0 spiro atoms. The molecule has 0 amide bonds. The van der Waals surface area contributed by atoms with E-state index in [1.807, 2.05) is 0 Å². The highest BCUT2D eigenvalue weighted by Gasteiger charge is 2.17. The number of hydrogen-bond donors (Lipinski definition) is 4. The minimum atomic E-state index is -1.15. The summed E-state index contributed by atoms with van der Waals surface area (Å²) in [4.78, 5) is 25.8. The van der Waals surface area contributed by atoms with E-state index in [1.54, 1.807) is 0 Å². The Morgan fingerprint density at radius 3 is 2.21 bits per heavy atom. The second-order valence-corrected chi connectivity index (χ2v) is 3.87. The van der Waals surface area contributed by atoms with E-state index in [0.29, 0.717) is 12.8 Å². The number of carbonyl (C=O) groups excluding carboxylic acids is 1. The summed E-state index contributed by atoms with van der Waals surface area (Å²) in [6.07, 6.45) is 2.33. The highest BCUT2D eigenvalue weighted by atomic mass is 17.1. The highest BCUT2D eigenvalue weighted by Crippen LogP contribution is 2.02. The predicted octanol–water partition coefficient (Wildman–Crippen LogP) is -0.0960. The molecule has 0 radical (unpaired) electrons. The van der Waals surface area contributed by atoms with Crippen molar-refractivity contribution in [1.29, 1.82) is 0 Å². The van der Waals surface area contributed by atoms with Gasteiger partial charge in [0.15, 0.2) is 0 Å². The van der Waals surface area contributed by atoms with Crippen LogP contribution in [-0.2, 0) is 19.2 Å². The molecular formula is C10H20N2O7. The highest BCUT2D eigenvalue weighted by molar-refractivity contribution is 5.81. The average molecular weight is 280 g/mol. The Bertz CT molecular complexity index is 273. The van der Waals surface area contributed by atoms with Crippen LogP contribution in [0.4, 0.5) is 0 Å². The van der Waals surface area contributed by atoms with Gasteiger partial charge in [-0.05, 0) is 19.3 Å². The van der Waals surface area contributed by atoms with Gasteiger partial charge in [-0.3, -0.25) is 24.8 Å². The molecule has 0 saturated heterocycles. The minimum absolute atomic E-state index is 0.177. The van der Waals surface area contributed by atoms with Crippen molar-refractivity contribution in [3.05, 3.63) is 0 Å². The van der Waals surface area contributed by atoms with Gasteiger partial charge in [-0.1, -0.05) is 6.42 Å². The van der Waals surface area contributed by atoms with Gasteiger partial charge in [0.1, 0.15) is 6.04 Å². The Hall–Kier alpha value is -1.26. The third kappa shape index (κ3) is 11.6. The molecule has 0 heterocycles. The Morgan fingerprint density at radius 1 is 1.11 bits per heavy atom. The van der Waals surface area contributed by atoms with Crippen LogP contribution in [0.3, 0.4) is 0 Å². The zero-order valence-corrected chi connectivity index (χ0v) is 10.5. The van der Waals surface area contributed by atoms with Crippen LogP contribution in [0, 0.1) is 0 Å². The lowest BCUT2D eigenvalue weighted by Gasteiger charge is -2.09. The van der Waals surface area contributed by atoms with Gasteiger partial charge in [0.05, 0.1) is 25.0 Å². The van der Waals surface area contributed by atoms with Crippen LogP contribution in [-0.4, -0.2) is 52.1 Å². The van der Waals surface area contributed by atoms with Gasteiger partial charge in [0, 0.05) is 0 Å². The molecular weight excluding hydrogens is 260 g/mol. The molecule has 0 aromatic carbocycles. The Labute approximate surface area is 110 Å². The van der Waals surface area contributed by atoms with Crippen LogP contribution in [0.1, 0.15) is 32.1 Å². The Balaban J connectivity index is 3.39. The van der Waals surface area contributed by atoms with Gasteiger partial charge in [0.2, 0.25) is 0 Å². The zero-order valence-electron chi connectivity index (χ0n) is 10.5. The topological polar surface area (TPSA) is 143 Å². The van der Waals surface area contributed by atoms with Gasteiger partial charge >= 0.3 is 11.9 Å². The van der Waals surface area contributed by atoms with Gasteiger partial charge in [-0.25, -0.2) is 0 Å². The molecule has 1 atom stereocenters. The van der Waals surface area contributed by atoms with Crippen LogP contribution in [0.5, 0.6) is 0 Å². The molecule has 0 saturated carbocycles. The van der Waals surface area contributed by atoms with Crippen molar-refractivity contribution in [2.45, 2.75) is 38.1 Å². The summed E-state index contributed by atoms with van der Waals surface area (Å²) in [5, 5.41) is 24.5. The molecule has 9 nitrogen and oxygen atoms in total. The molecule has 1 unspecified atom stereocenters. The fourth-order valence-corrected chi connectivity index (χ4v) is 1.26. The first kappa shape index (κ1) is 17.7. The van der Waals surface area contributed by atoms with Crippen LogP contribution >= 0.6 is 0 Å². The lowest BCUT2D eigenvalue weighted by atomic mass is 10.2. The van der Waals surface area contributed by atoms with Gasteiger partial charge in [-0.15, -0.1) is 0 Å². The number of nitrogens with two attached hydrogens (primary N) is 1. The first-order chi connectivity index (χ1) is 8.93. The molecule has 112 valence electrons. The number of esters is 1. The molecule has 0 bridgehead atoms. The fraction of sp³-hybridized carbons (Fsp3) is 0.800. The van der Waals surface area contributed by atoms with Crippen molar-refractivity contribution in [3.8, 4) is 0 Å². The first-order valence-electron chi connectivity index (χ1n) is 5.88. The minimum Gasteiger partial charge on any atom is -0.481 e. The molecule has 0 rings (SSSR count). The lowest BCUT2D eigenvalue weighted by Crippen LogP contribution is -2.34. The smallest absolute Gasteiger partial charge is 0.323 e. The van der Waals surface area contributed by atoms with E-state index in [9.17, 15) is 9.59 Å². The van der Waals surface area contributed by atoms with Crippen molar-refractivity contribution in [2.24, 2.45) is 5.73 Å². The van der Waals surface area contributed by atoms with Crippen molar-refractivity contribution in [3.63, 3.8) is 0 Å². The summed E-state index contributed by atoms with van der Waals surface area (Å²) in [6, 6.07) is -1.13. The van der Waals surface area contributed by atoms with E-state index >= 15 is 0 Å². The summed E-state index contributed by atoms with van der Waals surface area (Å²) in [6.45, 7) is 0.357. The van der Waals surface area contributed by atoms with Crippen LogP contribution in [0.2, 0.25) is 0 Å². The number of unbranched alkanes of at least 4 members (excludes halogenated alkanes) is 3. The first-order valence-corrected chi connectivity index (χ1v) is 5.88. The molecule has 5 N–H and O–H groups in total. The standard InChI is InChI=1S/C10H20N2O7/c11-8(7-9(13)14)10(15)18-5-3-1-2-4-6-19-12(16)17/h8,16-17H,1-7,11H2,(H,13,14). The van der Waals surface area contributed by atoms with Crippen LogP contribution in [0.25, 0.3) is 0 Å². The normalized spacial score (nSPS) is 12.4. The Kier molecular flexibility index (Phi) is 9.94. The van der Waals surface area contributed by atoms with E-state index < -0.39 is 24.4 Å². The molecule has 0 aromatic heterocycles. The third-order valence-electron chi connectivity index (χ3n) is 2.19. The molecule has 0 aliphatic rings. The maximum Gasteiger partial charge on any atom is 0.323 e. The van der Waals surface area contributed by atoms with Crippen LogP contribution in [0.15, 0.2) is 0 Å². The van der Waals surface area contributed by atoms with E-state index in [-0.39, 0.29) is 18.6 Å². The number of hydrogen-bond acceptors (Lipinski definition) is 8. The van der Waals surface area contributed by atoms with E-state index in [0.717, 1.165) is 12.8 Å². The van der Waals surface area contributed by atoms with Crippen molar-refractivity contribution < 1.29 is 34.7 Å². The van der Waals surface area contributed by atoms with Crippen molar-refractivity contribution in [2.75, 3.05) is 13.2 Å².